The van der Waals surface area contributed by atoms with Gasteiger partial charge < -0.3 is 14.4 Å². The van der Waals surface area contributed by atoms with Gasteiger partial charge in [0, 0.05) is 81.9 Å². The van der Waals surface area contributed by atoms with E-state index in [0.29, 0.717) is 77.3 Å². The Bertz CT molecular complexity index is 1160. The zero-order chi connectivity index (χ0) is 23.9. The van der Waals surface area contributed by atoms with E-state index in [1.165, 1.54) is 10.4 Å². The van der Waals surface area contributed by atoms with E-state index < -0.39 is 27.4 Å². The Morgan fingerprint density at radius 2 is 1.71 bits per heavy atom. The number of pyridine rings is 1. The van der Waals surface area contributed by atoms with Gasteiger partial charge in [-0.15, -0.1) is 0 Å². The number of aromatic nitrogens is 1. The molecule has 3 saturated heterocycles. The highest BCUT2D eigenvalue weighted by Gasteiger charge is 2.40. The molecular formula is C23H30F2N4O4S. The minimum Gasteiger partial charge on any atom is -0.370 e. The molecule has 0 atom stereocenters. The van der Waals surface area contributed by atoms with E-state index in [2.05, 4.69) is 14.8 Å². The average Bonchev–Trinajstić information content (AvgIpc) is 3.28. The topological polar surface area (TPSA) is 75.2 Å². The maximum absolute atomic E-state index is 14.6. The molecular weight excluding hydrogens is 466 g/mol. The highest BCUT2D eigenvalue weighted by molar-refractivity contribution is 7.89. The van der Waals surface area contributed by atoms with Crippen LogP contribution in [-0.4, -0.2) is 86.6 Å². The molecule has 3 aliphatic rings. The van der Waals surface area contributed by atoms with E-state index in [1.54, 1.807) is 13.1 Å². The number of ether oxygens (including phenoxy) is 2. The van der Waals surface area contributed by atoms with Crippen molar-refractivity contribution in [3.8, 4) is 0 Å². The first kappa shape index (κ1) is 23.8. The van der Waals surface area contributed by atoms with Crippen LogP contribution in [0.25, 0.3) is 10.9 Å². The SMILES string of the molecule is CCS(=O)(=O)N1CCN(Cc2cnc3c(F)cc(F)cc3c2N2CCC3(CC2)OCCO3)CC1. The normalized spacial score (nSPS) is 22.1. The third-order valence-electron chi connectivity index (χ3n) is 7.08. The number of anilines is 1. The number of rotatable bonds is 5. The van der Waals surface area contributed by atoms with Crippen molar-refractivity contribution in [1.82, 2.24) is 14.2 Å². The average molecular weight is 497 g/mol. The minimum absolute atomic E-state index is 0.0900. The van der Waals surface area contributed by atoms with Crippen molar-refractivity contribution >= 4 is 26.6 Å². The van der Waals surface area contributed by atoms with Gasteiger partial charge in [-0.25, -0.2) is 17.2 Å². The first-order valence-corrected chi connectivity index (χ1v) is 13.4. The Labute approximate surface area is 198 Å². The third kappa shape index (κ3) is 4.51. The second-order valence-corrected chi connectivity index (χ2v) is 11.3. The summed E-state index contributed by atoms with van der Waals surface area (Å²) in [6, 6.07) is 2.21. The zero-order valence-electron chi connectivity index (χ0n) is 19.3. The molecule has 0 unspecified atom stereocenters. The Balaban J connectivity index is 1.43. The van der Waals surface area contributed by atoms with Crippen LogP contribution >= 0.6 is 0 Å². The Morgan fingerprint density at radius 1 is 1.03 bits per heavy atom. The van der Waals surface area contributed by atoms with Crippen LogP contribution in [0.4, 0.5) is 14.5 Å². The van der Waals surface area contributed by atoms with E-state index in [1.807, 2.05) is 0 Å². The molecule has 4 heterocycles. The molecule has 0 saturated carbocycles. The fraction of sp³-hybridized carbons (Fsp3) is 0.609. The molecule has 8 nitrogen and oxygen atoms in total. The van der Waals surface area contributed by atoms with Crippen LogP contribution in [0.5, 0.6) is 0 Å². The molecule has 0 N–H and O–H groups in total. The summed E-state index contributed by atoms with van der Waals surface area (Å²) in [6.07, 6.45) is 3.00. The molecule has 1 aromatic carbocycles. The van der Waals surface area contributed by atoms with E-state index in [0.717, 1.165) is 17.3 Å². The lowest BCUT2D eigenvalue weighted by Crippen LogP contribution is -2.49. The Kier molecular flexibility index (Phi) is 6.49. The second kappa shape index (κ2) is 9.27. The van der Waals surface area contributed by atoms with Crippen molar-refractivity contribution in [3.05, 3.63) is 35.5 Å². The van der Waals surface area contributed by atoms with Crippen molar-refractivity contribution in [3.63, 3.8) is 0 Å². The van der Waals surface area contributed by atoms with E-state index >= 15 is 0 Å². The summed E-state index contributed by atoms with van der Waals surface area (Å²) in [5, 5.41) is 0.450. The van der Waals surface area contributed by atoms with Gasteiger partial charge in [-0.2, -0.15) is 4.31 Å². The predicted octanol–water partition coefficient (Wildman–Crippen LogP) is 2.32. The van der Waals surface area contributed by atoms with Crippen LogP contribution in [0, 0.1) is 11.6 Å². The number of hydrogen-bond acceptors (Lipinski definition) is 7. The summed E-state index contributed by atoms with van der Waals surface area (Å²) in [4.78, 5) is 8.64. The van der Waals surface area contributed by atoms with Crippen LogP contribution in [0.15, 0.2) is 18.3 Å². The Hall–Kier alpha value is -1.92. The molecule has 1 spiro atoms. The van der Waals surface area contributed by atoms with Crippen LogP contribution in [0.3, 0.4) is 0 Å². The molecule has 3 aliphatic heterocycles. The molecule has 1 aromatic heterocycles. The molecule has 0 bridgehead atoms. The predicted molar refractivity (Wildman–Crippen MR) is 124 cm³/mol. The van der Waals surface area contributed by atoms with E-state index in [-0.39, 0.29) is 11.3 Å². The lowest BCUT2D eigenvalue weighted by Gasteiger charge is -2.40. The van der Waals surface area contributed by atoms with Crippen LogP contribution < -0.4 is 4.90 Å². The minimum atomic E-state index is -3.21. The molecule has 11 heteroatoms. The molecule has 0 radical (unpaired) electrons. The number of halogens is 2. The molecule has 2 aromatic rings. The second-order valence-electron chi connectivity index (χ2n) is 9.09. The summed E-state index contributed by atoms with van der Waals surface area (Å²) in [5.41, 5.74) is 1.79. The van der Waals surface area contributed by atoms with Gasteiger partial charge in [0.2, 0.25) is 10.0 Å². The van der Waals surface area contributed by atoms with Crippen molar-refractivity contribution < 1.29 is 26.7 Å². The van der Waals surface area contributed by atoms with Crippen molar-refractivity contribution in [2.45, 2.75) is 32.1 Å². The summed E-state index contributed by atoms with van der Waals surface area (Å²) >= 11 is 0. The van der Waals surface area contributed by atoms with E-state index in [4.69, 9.17) is 9.47 Å². The van der Waals surface area contributed by atoms with Crippen molar-refractivity contribution in [2.75, 3.05) is 63.1 Å². The highest BCUT2D eigenvalue weighted by Crippen LogP contribution is 2.38. The van der Waals surface area contributed by atoms with Crippen LogP contribution in [0.1, 0.15) is 25.3 Å². The lowest BCUT2D eigenvalue weighted by molar-refractivity contribution is -0.169. The maximum atomic E-state index is 14.6. The first-order valence-electron chi connectivity index (χ1n) is 11.8. The van der Waals surface area contributed by atoms with Gasteiger partial charge in [0.05, 0.1) is 24.7 Å². The van der Waals surface area contributed by atoms with Gasteiger partial charge in [-0.05, 0) is 13.0 Å². The molecule has 5 rings (SSSR count). The summed E-state index contributed by atoms with van der Waals surface area (Å²) in [5.74, 6) is -1.79. The highest BCUT2D eigenvalue weighted by atomic mass is 32.2. The standard InChI is InChI=1S/C23H30F2N4O4S/c1-2-34(30,31)29-9-7-27(8-10-29)16-17-15-26-21-19(13-18(24)14-20(21)25)22(17)28-5-3-23(4-6-28)32-11-12-33-23/h13-15H,2-12,16H2,1H3. The van der Waals surface area contributed by atoms with Crippen LogP contribution in [-0.2, 0) is 26.0 Å². The number of fused-ring (bicyclic) bond motifs is 1. The summed E-state index contributed by atoms with van der Waals surface area (Å²) < 4.78 is 66.5. The molecule has 0 amide bonds. The fourth-order valence-corrected chi connectivity index (χ4v) is 6.27. The van der Waals surface area contributed by atoms with Crippen molar-refractivity contribution in [1.29, 1.82) is 0 Å². The quantitative estimate of drug-likeness (QED) is 0.629. The molecule has 186 valence electrons. The van der Waals surface area contributed by atoms with E-state index in [9.17, 15) is 17.2 Å². The number of nitrogens with zero attached hydrogens (tertiary/aromatic N) is 4. The molecule has 3 fully saturated rings. The van der Waals surface area contributed by atoms with Gasteiger partial charge in [-0.3, -0.25) is 9.88 Å². The lowest BCUT2D eigenvalue weighted by atomic mass is 10.00. The number of hydrogen-bond donors (Lipinski definition) is 0. The third-order valence-corrected chi connectivity index (χ3v) is 8.96. The zero-order valence-corrected chi connectivity index (χ0v) is 20.1. The number of piperidine rings is 1. The Morgan fingerprint density at radius 3 is 2.35 bits per heavy atom. The number of sulfonamides is 1. The monoisotopic (exact) mass is 496 g/mol. The van der Waals surface area contributed by atoms with Crippen LogP contribution in [0.2, 0.25) is 0 Å². The van der Waals surface area contributed by atoms with Gasteiger partial charge in [0.1, 0.15) is 11.3 Å². The summed E-state index contributed by atoms with van der Waals surface area (Å²) in [6.45, 7) is 6.62. The van der Waals surface area contributed by atoms with Gasteiger partial charge in [0.15, 0.2) is 11.6 Å². The number of benzene rings is 1. The summed E-state index contributed by atoms with van der Waals surface area (Å²) in [7, 11) is -3.21. The first-order chi connectivity index (χ1) is 16.3. The van der Waals surface area contributed by atoms with Gasteiger partial charge in [-0.1, -0.05) is 0 Å². The van der Waals surface area contributed by atoms with Gasteiger partial charge >= 0.3 is 0 Å². The molecule has 0 aliphatic carbocycles. The molecule has 34 heavy (non-hydrogen) atoms. The largest absolute Gasteiger partial charge is 0.370 e. The van der Waals surface area contributed by atoms with Gasteiger partial charge in [0.25, 0.3) is 0 Å². The maximum Gasteiger partial charge on any atom is 0.213 e. The van der Waals surface area contributed by atoms with Crippen molar-refractivity contribution in [2.24, 2.45) is 0 Å². The fourth-order valence-electron chi connectivity index (χ4n) is 5.19. The smallest absolute Gasteiger partial charge is 0.213 e. The number of piperazine rings is 1.